The summed E-state index contributed by atoms with van der Waals surface area (Å²) in [6.07, 6.45) is 0.444. The fraction of sp³-hybridized carbons (Fsp3) is 0.167. The summed E-state index contributed by atoms with van der Waals surface area (Å²) in [5.41, 5.74) is 8.27. The van der Waals surface area contributed by atoms with E-state index in [1.807, 2.05) is 0 Å². The quantitative estimate of drug-likeness (QED) is 0.522. The van der Waals surface area contributed by atoms with Gasteiger partial charge in [-0.2, -0.15) is 5.26 Å². The molecule has 0 radical (unpaired) electrons. The molecule has 1 aliphatic rings. The van der Waals surface area contributed by atoms with E-state index >= 15 is 0 Å². The molecule has 0 amide bonds. The van der Waals surface area contributed by atoms with E-state index in [1.165, 1.54) is 12.1 Å². The van der Waals surface area contributed by atoms with Crippen LogP contribution in [0.2, 0.25) is 5.02 Å². The number of hydrogen-bond acceptors (Lipinski definition) is 6. The van der Waals surface area contributed by atoms with Gasteiger partial charge in [0.2, 0.25) is 5.88 Å². The van der Waals surface area contributed by atoms with Gasteiger partial charge in [0.05, 0.1) is 11.5 Å². The molecule has 0 spiro atoms. The first-order chi connectivity index (χ1) is 15.3. The van der Waals surface area contributed by atoms with E-state index in [4.69, 9.17) is 22.1 Å². The third-order valence-electron chi connectivity index (χ3n) is 5.54. The summed E-state index contributed by atoms with van der Waals surface area (Å²) in [5.74, 6) is -0.857. The van der Waals surface area contributed by atoms with E-state index in [0.29, 0.717) is 40.6 Å². The number of aryl methyl sites for hydroxylation is 2. The van der Waals surface area contributed by atoms with Crippen LogP contribution < -0.4 is 16.0 Å². The molecule has 0 aliphatic carbocycles. The summed E-state index contributed by atoms with van der Waals surface area (Å²) in [6.45, 7) is 2.11. The highest BCUT2D eigenvalue weighted by Gasteiger charge is 2.34. The number of aromatic nitrogens is 1. The van der Waals surface area contributed by atoms with Crippen molar-refractivity contribution >= 4 is 11.6 Å². The van der Waals surface area contributed by atoms with E-state index in [-0.39, 0.29) is 28.5 Å². The lowest BCUT2D eigenvalue weighted by Crippen LogP contribution is -2.33. The van der Waals surface area contributed by atoms with Gasteiger partial charge in [0, 0.05) is 23.3 Å². The number of halogens is 1. The van der Waals surface area contributed by atoms with Crippen LogP contribution in [0.15, 0.2) is 64.8 Å². The molecule has 1 aliphatic heterocycles. The van der Waals surface area contributed by atoms with E-state index in [2.05, 4.69) is 6.07 Å². The molecule has 0 saturated heterocycles. The second kappa shape index (κ2) is 8.33. The predicted octanol–water partition coefficient (Wildman–Crippen LogP) is 3.68. The normalized spacial score (nSPS) is 15.1. The van der Waals surface area contributed by atoms with Gasteiger partial charge in [-0.15, -0.1) is 0 Å². The molecule has 0 unspecified atom stereocenters. The summed E-state index contributed by atoms with van der Waals surface area (Å²) in [4.78, 5) is 13.6. The number of benzene rings is 2. The van der Waals surface area contributed by atoms with Crippen molar-refractivity contribution in [3.8, 4) is 23.3 Å². The van der Waals surface area contributed by atoms with Gasteiger partial charge in [-0.25, -0.2) is 0 Å². The molecular weight excluding hydrogens is 430 g/mol. The molecule has 1 atom stereocenters. The van der Waals surface area contributed by atoms with Crippen LogP contribution in [0.1, 0.15) is 28.3 Å². The Bertz CT molecular complexity index is 1350. The molecule has 4 N–H and O–H groups in total. The standard InChI is InChI=1S/C24H20ClN3O4/c1-13-9-20-22(24(31)28(13)8-7-14-5-6-18(29)19(30)10-14)21(17(12-26)23(27)32-20)15-3-2-4-16(25)11-15/h2-6,9-11,21,29-30H,7-8,27H2,1H3/t21-/m1/s1. The maximum Gasteiger partial charge on any atom is 0.258 e. The highest BCUT2D eigenvalue weighted by Crippen LogP contribution is 2.41. The Kier molecular flexibility index (Phi) is 5.56. The van der Waals surface area contributed by atoms with Gasteiger partial charge in [-0.1, -0.05) is 29.8 Å². The highest BCUT2D eigenvalue weighted by atomic mass is 35.5. The Labute approximate surface area is 189 Å². The third-order valence-corrected chi connectivity index (χ3v) is 5.77. The molecule has 1 aromatic heterocycles. The zero-order chi connectivity index (χ0) is 23.0. The van der Waals surface area contributed by atoms with Crippen molar-refractivity contribution in [1.82, 2.24) is 4.57 Å². The molecule has 0 saturated carbocycles. The number of phenolic OH excluding ortho intramolecular Hbond substituents is 2. The number of ether oxygens (including phenoxy) is 1. The number of rotatable bonds is 4. The maximum absolute atomic E-state index is 13.6. The van der Waals surface area contributed by atoms with Crippen LogP contribution in [0, 0.1) is 18.3 Å². The maximum atomic E-state index is 13.6. The third kappa shape index (κ3) is 3.77. The van der Waals surface area contributed by atoms with Crippen LogP contribution in [-0.4, -0.2) is 14.8 Å². The first kappa shape index (κ1) is 21.3. The average molecular weight is 450 g/mol. The first-order valence-electron chi connectivity index (χ1n) is 9.88. The molecule has 2 aromatic carbocycles. The van der Waals surface area contributed by atoms with E-state index in [9.17, 15) is 20.3 Å². The minimum atomic E-state index is -0.709. The second-order valence-corrected chi connectivity index (χ2v) is 8.01. The number of nitrogens with zero attached hydrogens (tertiary/aromatic N) is 2. The van der Waals surface area contributed by atoms with Crippen molar-refractivity contribution < 1.29 is 14.9 Å². The summed E-state index contributed by atoms with van der Waals surface area (Å²) in [6, 6.07) is 15.3. The van der Waals surface area contributed by atoms with Gasteiger partial charge in [0.1, 0.15) is 17.4 Å². The second-order valence-electron chi connectivity index (χ2n) is 7.57. The van der Waals surface area contributed by atoms with Gasteiger partial charge < -0.3 is 25.3 Å². The topological polar surface area (TPSA) is 122 Å². The molecule has 0 bridgehead atoms. The van der Waals surface area contributed by atoms with Gasteiger partial charge in [0.15, 0.2) is 11.5 Å². The molecular formula is C24H20ClN3O4. The fourth-order valence-corrected chi connectivity index (χ4v) is 4.15. The summed E-state index contributed by atoms with van der Waals surface area (Å²) in [7, 11) is 0. The lowest BCUT2D eigenvalue weighted by molar-refractivity contribution is 0.388. The summed E-state index contributed by atoms with van der Waals surface area (Å²) >= 11 is 6.17. The van der Waals surface area contributed by atoms with Crippen molar-refractivity contribution in [2.45, 2.75) is 25.8 Å². The fourth-order valence-electron chi connectivity index (χ4n) is 3.95. The molecule has 0 fully saturated rings. The van der Waals surface area contributed by atoms with Crippen LogP contribution in [0.3, 0.4) is 0 Å². The van der Waals surface area contributed by atoms with Crippen molar-refractivity contribution in [2.24, 2.45) is 5.73 Å². The molecule has 3 aromatic rings. The van der Waals surface area contributed by atoms with Crippen molar-refractivity contribution in [2.75, 3.05) is 0 Å². The lowest BCUT2D eigenvalue weighted by Gasteiger charge is -2.27. The van der Waals surface area contributed by atoms with E-state index < -0.39 is 5.92 Å². The molecule has 7 nitrogen and oxygen atoms in total. The number of aromatic hydroxyl groups is 2. The molecule has 162 valence electrons. The first-order valence-corrected chi connectivity index (χ1v) is 10.3. The van der Waals surface area contributed by atoms with Gasteiger partial charge in [-0.3, -0.25) is 4.79 Å². The molecule has 32 heavy (non-hydrogen) atoms. The Hall–Kier alpha value is -3.89. The van der Waals surface area contributed by atoms with Crippen LogP contribution in [0.4, 0.5) is 0 Å². The lowest BCUT2D eigenvalue weighted by atomic mass is 9.84. The van der Waals surface area contributed by atoms with Crippen molar-refractivity contribution in [1.29, 1.82) is 5.26 Å². The average Bonchev–Trinajstić information content (AvgIpc) is 2.75. The van der Waals surface area contributed by atoms with Crippen LogP contribution in [-0.2, 0) is 13.0 Å². The summed E-state index contributed by atoms with van der Waals surface area (Å²) < 4.78 is 7.25. The summed E-state index contributed by atoms with van der Waals surface area (Å²) in [5, 5.41) is 29.5. The van der Waals surface area contributed by atoms with Crippen LogP contribution in [0.5, 0.6) is 17.2 Å². The van der Waals surface area contributed by atoms with Crippen molar-refractivity contribution in [3.05, 3.63) is 97.7 Å². The Morgan fingerprint density at radius 3 is 2.66 bits per heavy atom. The SMILES string of the molecule is Cc1cc2c(c(=O)n1CCc1ccc(O)c(O)c1)[C@H](c1cccc(Cl)c1)C(C#N)=C(N)O2. The zero-order valence-corrected chi connectivity index (χ0v) is 17.9. The largest absolute Gasteiger partial charge is 0.504 e. The number of fused-ring (bicyclic) bond motifs is 1. The molecule has 4 rings (SSSR count). The molecule has 8 heteroatoms. The zero-order valence-electron chi connectivity index (χ0n) is 17.2. The number of hydrogen-bond donors (Lipinski definition) is 3. The van der Waals surface area contributed by atoms with E-state index in [1.54, 1.807) is 47.9 Å². The van der Waals surface area contributed by atoms with Crippen LogP contribution in [0.25, 0.3) is 0 Å². The van der Waals surface area contributed by atoms with Gasteiger partial charge in [-0.05, 0) is 48.7 Å². The smallest absolute Gasteiger partial charge is 0.258 e. The minimum Gasteiger partial charge on any atom is -0.504 e. The number of phenols is 2. The number of pyridine rings is 1. The number of nitriles is 1. The van der Waals surface area contributed by atoms with Gasteiger partial charge in [0.25, 0.3) is 5.56 Å². The molecule has 2 heterocycles. The predicted molar refractivity (Wildman–Crippen MR) is 120 cm³/mol. The van der Waals surface area contributed by atoms with Crippen LogP contribution >= 0.6 is 11.6 Å². The monoisotopic (exact) mass is 449 g/mol. The number of nitrogens with two attached hydrogens (primary N) is 1. The highest BCUT2D eigenvalue weighted by molar-refractivity contribution is 6.30. The Morgan fingerprint density at radius 2 is 1.97 bits per heavy atom. The van der Waals surface area contributed by atoms with Gasteiger partial charge >= 0.3 is 0 Å². The number of allylic oxidation sites excluding steroid dienone is 1. The minimum absolute atomic E-state index is 0.0407. The Balaban J connectivity index is 1.81. The van der Waals surface area contributed by atoms with E-state index in [0.717, 1.165) is 5.56 Å². The van der Waals surface area contributed by atoms with Crippen molar-refractivity contribution in [3.63, 3.8) is 0 Å². The Morgan fingerprint density at radius 1 is 1.19 bits per heavy atom.